The lowest BCUT2D eigenvalue weighted by molar-refractivity contribution is -0.128. The highest BCUT2D eigenvalue weighted by atomic mass is 32.2. The summed E-state index contributed by atoms with van der Waals surface area (Å²) in [4.78, 5) is 24.5. The van der Waals surface area contributed by atoms with Crippen LogP contribution in [0, 0.1) is 16.7 Å². The second-order valence-electron chi connectivity index (χ2n) is 7.61. The minimum atomic E-state index is -3.85. The van der Waals surface area contributed by atoms with Gasteiger partial charge in [-0.05, 0) is 29.7 Å². The average Bonchev–Trinajstić information content (AvgIpc) is 2.81. The van der Waals surface area contributed by atoms with E-state index >= 15 is 0 Å². The quantitative estimate of drug-likeness (QED) is 0.882. The molecule has 2 saturated carbocycles. The number of sulfonamides is 1. The molecule has 2 aliphatic carbocycles. The fourth-order valence-electron chi connectivity index (χ4n) is 4.46. The number of benzene rings is 1. The van der Waals surface area contributed by atoms with Crippen LogP contribution >= 0.6 is 0 Å². The van der Waals surface area contributed by atoms with Crippen LogP contribution in [-0.4, -0.2) is 25.9 Å². The molecule has 0 aliphatic heterocycles. The summed E-state index contributed by atoms with van der Waals surface area (Å²) in [5.74, 6) is -0.566. The number of carbonyl (C=O) groups excluding carboxylic acids is 2. The standard InChI is InChI=1S/C18H23NO4S/c1-17(2)14-8-9-18(17,15(20)11-14)12-24(22,23)19-16(21)10-13-6-4-3-5-7-13/h3-7,14H,8-12H2,1-2H3,(H,19,21). The van der Waals surface area contributed by atoms with Crippen LogP contribution in [0.4, 0.5) is 0 Å². The third kappa shape index (κ3) is 2.77. The second kappa shape index (κ2) is 5.69. The summed E-state index contributed by atoms with van der Waals surface area (Å²) < 4.78 is 27.2. The van der Waals surface area contributed by atoms with Gasteiger partial charge in [0.2, 0.25) is 15.9 Å². The van der Waals surface area contributed by atoms with E-state index in [1.54, 1.807) is 24.3 Å². The van der Waals surface area contributed by atoms with E-state index in [9.17, 15) is 18.0 Å². The molecule has 0 aromatic heterocycles. The zero-order valence-electron chi connectivity index (χ0n) is 14.0. The van der Waals surface area contributed by atoms with Crippen molar-refractivity contribution in [3.63, 3.8) is 0 Å². The average molecular weight is 349 g/mol. The van der Waals surface area contributed by atoms with Crippen LogP contribution in [0.25, 0.3) is 0 Å². The van der Waals surface area contributed by atoms with Crippen LogP contribution in [0.3, 0.4) is 0 Å². The van der Waals surface area contributed by atoms with Gasteiger partial charge in [0.25, 0.3) is 0 Å². The molecule has 2 bridgehead atoms. The number of ketones is 1. The smallest absolute Gasteiger partial charge is 0.237 e. The zero-order valence-corrected chi connectivity index (χ0v) is 14.9. The predicted octanol–water partition coefficient (Wildman–Crippen LogP) is 2.07. The Labute approximate surface area is 142 Å². The van der Waals surface area contributed by atoms with Gasteiger partial charge in [-0.15, -0.1) is 0 Å². The number of carbonyl (C=O) groups is 2. The van der Waals surface area contributed by atoms with Crippen LogP contribution < -0.4 is 4.72 Å². The van der Waals surface area contributed by atoms with Crippen molar-refractivity contribution in [2.75, 3.05) is 5.75 Å². The molecule has 130 valence electrons. The van der Waals surface area contributed by atoms with Gasteiger partial charge in [-0.2, -0.15) is 0 Å². The number of hydrogen-bond donors (Lipinski definition) is 1. The Balaban J connectivity index is 1.72. The van der Waals surface area contributed by atoms with E-state index < -0.39 is 21.3 Å². The lowest BCUT2D eigenvalue weighted by Crippen LogP contribution is -2.46. The molecule has 0 saturated heterocycles. The van der Waals surface area contributed by atoms with Crippen LogP contribution in [0.5, 0.6) is 0 Å². The molecule has 5 nitrogen and oxygen atoms in total. The summed E-state index contributed by atoms with van der Waals surface area (Å²) >= 11 is 0. The van der Waals surface area contributed by atoms with Crippen molar-refractivity contribution < 1.29 is 18.0 Å². The highest BCUT2D eigenvalue weighted by molar-refractivity contribution is 7.90. The molecule has 6 heteroatoms. The molecule has 2 aliphatic rings. The van der Waals surface area contributed by atoms with E-state index in [4.69, 9.17) is 0 Å². The van der Waals surface area contributed by atoms with Crippen molar-refractivity contribution in [3.8, 4) is 0 Å². The van der Waals surface area contributed by atoms with E-state index in [-0.39, 0.29) is 29.3 Å². The van der Waals surface area contributed by atoms with E-state index in [1.807, 2.05) is 19.9 Å². The topological polar surface area (TPSA) is 80.3 Å². The normalized spacial score (nSPS) is 28.1. The van der Waals surface area contributed by atoms with Crippen molar-refractivity contribution >= 4 is 21.7 Å². The Kier molecular flexibility index (Phi) is 4.06. The highest BCUT2D eigenvalue weighted by Gasteiger charge is 2.65. The van der Waals surface area contributed by atoms with E-state index in [0.29, 0.717) is 12.8 Å². The maximum absolute atomic E-state index is 12.5. The molecule has 0 radical (unpaired) electrons. The molecule has 3 rings (SSSR count). The van der Waals surface area contributed by atoms with Crippen molar-refractivity contribution in [3.05, 3.63) is 35.9 Å². The summed E-state index contributed by atoms with van der Waals surface area (Å²) in [6.45, 7) is 3.97. The van der Waals surface area contributed by atoms with Gasteiger partial charge < -0.3 is 0 Å². The monoisotopic (exact) mass is 349 g/mol. The van der Waals surface area contributed by atoms with Crippen molar-refractivity contribution in [1.29, 1.82) is 0 Å². The largest absolute Gasteiger partial charge is 0.299 e. The molecule has 0 heterocycles. The highest BCUT2D eigenvalue weighted by Crippen LogP contribution is 2.64. The first kappa shape index (κ1) is 17.1. The molecule has 1 aromatic carbocycles. The van der Waals surface area contributed by atoms with Gasteiger partial charge in [-0.25, -0.2) is 8.42 Å². The Morgan fingerprint density at radius 3 is 2.46 bits per heavy atom. The first-order chi connectivity index (χ1) is 11.2. The van der Waals surface area contributed by atoms with Gasteiger partial charge in [0.1, 0.15) is 5.78 Å². The SMILES string of the molecule is CC1(C)C2CCC1(CS(=O)(=O)NC(=O)Cc1ccccc1)C(=O)C2. The molecule has 1 N–H and O–H groups in total. The molecule has 1 aromatic rings. The number of hydrogen-bond acceptors (Lipinski definition) is 4. The van der Waals surface area contributed by atoms with Gasteiger partial charge in [0.15, 0.2) is 0 Å². The van der Waals surface area contributed by atoms with Crippen LogP contribution in [0.1, 0.15) is 38.7 Å². The fraction of sp³-hybridized carbons (Fsp3) is 0.556. The molecule has 2 atom stereocenters. The van der Waals surface area contributed by atoms with Crippen molar-refractivity contribution in [1.82, 2.24) is 4.72 Å². The van der Waals surface area contributed by atoms with Crippen molar-refractivity contribution in [2.45, 2.75) is 39.5 Å². The number of Topliss-reactive ketones (excluding diaryl/α,β-unsaturated/α-hetero) is 1. The molecule has 1 amide bonds. The zero-order chi connectivity index (χ0) is 17.6. The lowest BCUT2D eigenvalue weighted by Gasteiger charge is -2.36. The molecule has 2 fully saturated rings. The predicted molar refractivity (Wildman–Crippen MR) is 90.6 cm³/mol. The van der Waals surface area contributed by atoms with Gasteiger partial charge in [-0.1, -0.05) is 44.2 Å². The summed E-state index contributed by atoms with van der Waals surface area (Å²) in [5.41, 5.74) is -0.431. The molecule has 2 unspecified atom stereocenters. The molecular weight excluding hydrogens is 326 g/mol. The van der Waals surface area contributed by atoms with Gasteiger partial charge >= 0.3 is 0 Å². The van der Waals surface area contributed by atoms with E-state index in [2.05, 4.69) is 4.72 Å². The third-order valence-electron chi connectivity index (χ3n) is 6.05. The van der Waals surface area contributed by atoms with Crippen LogP contribution in [0.15, 0.2) is 30.3 Å². The first-order valence-corrected chi connectivity index (χ1v) is 9.92. The Bertz CT molecular complexity index is 769. The summed E-state index contributed by atoms with van der Waals surface area (Å²) in [5, 5.41) is 0. The fourth-order valence-corrected chi connectivity index (χ4v) is 6.28. The third-order valence-corrected chi connectivity index (χ3v) is 7.46. The molecular formula is C18H23NO4S. The minimum Gasteiger partial charge on any atom is -0.299 e. The number of fused-ring (bicyclic) bond motifs is 2. The minimum absolute atomic E-state index is 0.00698. The van der Waals surface area contributed by atoms with E-state index in [1.165, 1.54) is 0 Å². The first-order valence-electron chi connectivity index (χ1n) is 8.27. The van der Waals surface area contributed by atoms with Crippen molar-refractivity contribution in [2.24, 2.45) is 16.7 Å². The number of nitrogens with one attached hydrogen (secondary N) is 1. The Hall–Kier alpha value is -1.69. The summed E-state index contributed by atoms with van der Waals surface area (Å²) in [7, 11) is -3.85. The number of amides is 1. The molecule has 24 heavy (non-hydrogen) atoms. The lowest BCUT2D eigenvalue weighted by atomic mass is 9.70. The maximum atomic E-state index is 12.5. The van der Waals surface area contributed by atoms with Gasteiger partial charge in [0, 0.05) is 6.42 Å². The molecule has 0 spiro atoms. The maximum Gasteiger partial charge on any atom is 0.237 e. The second-order valence-corrected chi connectivity index (χ2v) is 9.34. The van der Waals surface area contributed by atoms with Gasteiger partial charge in [-0.3, -0.25) is 14.3 Å². The Morgan fingerprint density at radius 1 is 1.25 bits per heavy atom. The van der Waals surface area contributed by atoms with Crippen LogP contribution in [-0.2, 0) is 26.0 Å². The summed E-state index contributed by atoms with van der Waals surface area (Å²) in [6.07, 6.45) is 1.94. The number of rotatable bonds is 5. The summed E-state index contributed by atoms with van der Waals surface area (Å²) in [6, 6.07) is 8.98. The Morgan fingerprint density at radius 2 is 1.92 bits per heavy atom. The van der Waals surface area contributed by atoms with Crippen LogP contribution in [0.2, 0.25) is 0 Å². The van der Waals surface area contributed by atoms with Gasteiger partial charge in [0.05, 0.1) is 17.6 Å². The van der Waals surface area contributed by atoms with E-state index in [0.717, 1.165) is 12.0 Å².